The van der Waals surface area contributed by atoms with Crippen LogP contribution in [0.5, 0.6) is 0 Å². The molecule has 6 nitrogen and oxygen atoms in total. The van der Waals surface area contributed by atoms with Gasteiger partial charge >= 0.3 is 6.18 Å². The average molecular weight is 339 g/mol. The van der Waals surface area contributed by atoms with E-state index >= 15 is 0 Å². The maximum Gasteiger partial charge on any atom is 0.414 e. The number of alkyl halides is 3. The fourth-order valence-corrected chi connectivity index (χ4v) is 1.97. The SMILES string of the molecule is Cc1nc(N(C)C)ncc1C(=O)NC(c1ccccn1)C(F)(F)F. The highest BCUT2D eigenvalue weighted by atomic mass is 19.4. The summed E-state index contributed by atoms with van der Waals surface area (Å²) in [6.07, 6.45) is -2.23. The van der Waals surface area contributed by atoms with E-state index in [1.165, 1.54) is 37.5 Å². The topological polar surface area (TPSA) is 71.0 Å². The lowest BCUT2D eigenvalue weighted by molar-refractivity contribution is -0.156. The van der Waals surface area contributed by atoms with Crippen molar-refractivity contribution in [1.82, 2.24) is 20.3 Å². The monoisotopic (exact) mass is 339 g/mol. The van der Waals surface area contributed by atoms with Crippen molar-refractivity contribution in [2.75, 3.05) is 19.0 Å². The van der Waals surface area contributed by atoms with Crippen molar-refractivity contribution in [3.05, 3.63) is 47.5 Å². The molecule has 0 fully saturated rings. The van der Waals surface area contributed by atoms with Gasteiger partial charge in [-0.2, -0.15) is 13.2 Å². The highest BCUT2D eigenvalue weighted by Crippen LogP contribution is 2.31. The van der Waals surface area contributed by atoms with Gasteiger partial charge in [0, 0.05) is 26.5 Å². The van der Waals surface area contributed by atoms with E-state index in [0.29, 0.717) is 5.95 Å². The molecule has 0 radical (unpaired) electrons. The summed E-state index contributed by atoms with van der Waals surface area (Å²) in [6, 6.07) is 1.92. The van der Waals surface area contributed by atoms with Gasteiger partial charge < -0.3 is 10.2 Å². The van der Waals surface area contributed by atoms with Crippen LogP contribution in [-0.2, 0) is 0 Å². The molecule has 0 aromatic carbocycles. The van der Waals surface area contributed by atoms with Crippen molar-refractivity contribution >= 4 is 11.9 Å². The molecule has 2 rings (SSSR count). The zero-order valence-electron chi connectivity index (χ0n) is 13.3. The van der Waals surface area contributed by atoms with Crippen molar-refractivity contribution in [3.63, 3.8) is 0 Å². The summed E-state index contributed by atoms with van der Waals surface area (Å²) < 4.78 is 39.8. The fraction of sp³-hybridized carbons (Fsp3) is 0.333. The first kappa shape index (κ1) is 17.6. The number of nitrogens with zero attached hydrogens (tertiary/aromatic N) is 4. The quantitative estimate of drug-likeness (QED) is 0.925. The van der Waals surface area contributed by atoms with Gasteiger partial charge in [-0.05, 0) is 19.1 Å². The largest absolute Gasteiger partial charge is 0.414 e. The normalized spacial score (nSPS) is 12.6. The third-order valence-corrected chi connectivity index (χ3v) is 3.20. The lowest BCUT2D eigenvalue weighted by atomic mass is 10.1. The van der Waals surface area contributed by atoms with Crippen LogP contribution in [0, 0.1) is 6.92 Å². The number of carbonyl (C=O) groups is 1. The Morgan fingerprint density at radius 3 is 2.46 bits per heavy atom. The van der Waals surface area contributed by atoms with E-state index in [0.717, 1.165) is 0 Å². The van der Waals surface area contributed by atoms with Crippen LogP contribution in [0.4, 0.5) is 19.1 Å². The van der Waals surface area contributed by atoms with Gasteiger partial charge in [0.05, 0.1) is 17.0 Å². The molecule has 1 unspecified atom stereocenters. The molecule has 1 atom stereocenters. The Labute approximate surface area is 136 Å². The molecular weight excluding hydrogens is 323 g/mol. The van der Waals surface area contributed by atoms with E-state index in [1.807, 2.05) is 5.32 Å². The average Bonchev–Trinajstić information content (AvgIpc) is 2.51. The molecule has 128 valence electrons. The maximum atomic E-state index is 13.3. The van der Waals surface area contributed by atoms with Crippen LogP contribution in [0.1, 0.15) is 27.8 Å². The van der Waals surface area contributed by atoms with Crippen LogP contribution in [0.2, 0.25) is 0 Å². The van der Waals surface area contributed by atoms with E-state index in [4.69, 9.17) is 0 Å². The van der Waals surface area contributed by atoms with E-state index in [2.05, 4.69) is 15.0 Å². The first-order valence-electron chi connectivity index (χ1n) is 6.99. The molecule has 0 aliphatic heterocycles. The predicted octanol–water partition coefficient (Wildman–Crippen LogP) is 2.28. The zero-order chi connectivity index (χ0) is 17.9. The molecule has 1 amide bonds. The van der Waals surface area contributed by atoms with Crippen LogP contribution >= 0.6 is 0 Å². The highest BCUT2D eigenvalue weighted by Gasteiger charge is 2.43. The summed E-state index contributed by atoms with van der Waals surface area (Å²) in [5.74, 6) is -0.549. The number of pyridine rings is 1. The Bertz CT molecular complexity index is 719. The smallest absolute Gasteiger partial charge is 0.347 e. The van der Waals surface area contributed by atoms with Crippen LogP contribution in [0.3, 0.4) is 0 Å². The maximum absolute atomic E-state index is 13.3. The van der Waals surface area contributed by atoms with Gasteiger partial charge in [0.2, 0.25) is 5.95 Å². The van der Waals surface area contributed by atoms with Crippen LogP contribution in [0.25, 0.3) is 0 Å². The number of hydrogen-bond donors (Lipinski definition) is 1. The molecule has 0 spiro atoms. The number of aryl methyl sites for hydroxylation is 1. The molecular formula is C15H16F3N5O. The first-order chi connectivity index (χ1) is 11.2. The molecule has 9 heteroatoms. The van der Waals surface area contributed by atoms with Crippen LogP contribution in [0.15, 0.2) is 30.6 Å². The summed E-state index contributed by atoms with van der Waals surface area (Å²) in [5, 5.41) is 1.96. The number of carbonyl (C=O) groups excluding carboxylic acids is 1. The predicted molar refractivity (Wildman–Crippen MR) is 81.6 cm³/mol. The molecule has 0 saturated heterocycles. The van der Waals surface area contributed by atoms with Crippen LogP contribution in [-0.4, -0.2) is 41.1 Å². The van der Waals surface area contributed by atoms with E-state index in [1.54, 1.807) is 19.0 Å². The Balaban J connectivity index is 2.29. The van der Waals surface area contributed by atoms with Gasteiger partial charge in [0.25, 0.3) is 5.91 Å². The number of halogens is 3. The highest BCUT2D eigenvalue weighted by molar-refractivity contribution is 5.95. The number of rotatable bonds is 4. The lowest BCUT2D eigenvalue weighted by Gasteiger charge is -2.21. The van der Waals surface area contributed by atoms with Crippen molar-refractivity contribution in [2.24, 2.45) is 0 Å². The first-order valence-corrected chi connectivity index (χ1v) is 6.99. The minimum atomic E-state index is -4.68. The molecule has 2 aromatic heterocycles. The van der Waals surface area contributed by atoms with Gasteiger partial charge in [0.15, 0.2) is 6.04 Å². The molecule has 0 aliphatic carbocycles. The molecule has 2 aromatic rings. The molecule has 0 bridgehead atoms. The Hall–Kier alpha value is -2.71. The van der Waals surface area contributed by atoms with Gasteiger partial charge in [-0.3, -0.25) is 9.78 Å². The van der Waals surface area contributed by atoms with Gasteiger partial charge in [0.1, 0.15) is 0 Å². The molecule has 24 heavy (non-hydrogen) atoms. The second-order valence-electron chi connectivity index (χ2n) is 5.27. The number of nitrogens with one attached hydrogen (secondary N) is 1. The Kier molecular flexibility index (Phi) is 5.01. The van der Waals surface area contributed by atoms with Gasteiger partial charge in [-0.1, -0.05) is 6.07 Å². The number of anilines is 1. The molecule has 1 N–H and O–H groups in total. The van der Waals surface area contributed by atoms with E-state index in [-0.39, 0.29) is 17.0 Å². The summed E-state index contributed by atoms with van der Waals surface area (Å²) >= 11 is 0. The third-order valence-electron chi connectivity index (χ3n) is 3.20. The second-order valence-corrected chi connectivity index (χ2v) is 5.27. The van der Waals surface area contributed by atoms with Crippen molar-refractivity contribution in [1.29, 1.82) is 0 Å². The van der Waals surface area contributed by atoms with Gasteiger partial charge in [-0.15, -0.1) is 0 Å². The summed E-state index contributed by atoms with van der Waals surface area (Å²) in [5.41, 5.74) is -0.0271. The Morgan fingerprint density at radius 1 is 1.25 bits per heavy atom. The summed E-state index contributed by atoms with van der Waals surface area (Å²) in [4.78, 5) is 25.6. The fourth-order valence-electron chi connectivity index (χ4n) is 1.97. The van der Waals surface area contributed by atoms with E-state index in [9.17, 15) is 18.0 Å². The van der Waals surface area contributed by atoms with Crippen molar-refractivity contribution < 1.29 is 18.0 Å². The number of hydrogen-bond acceptors (Lipinski definition) is 5. The minimum Gasteiger partial charge on any atom is -0.347 e. The molecule has 0 aliphatic rings. The second kappa shape index (κ2) is 6.81. The number of amides is 1. The standard InChI is InChI=1S/C15H16F3N5O/c1-9-10(8-20-14(21-9)23(2)3)13(24)22-12(15(16,17)18)11-6-4-5-7-19-11/h4-8,12H,1-3H3,(H,22,24). The third kappa shape index (κ3) is 3.98. The lowest BCUT2D eigenvalue weighted by Crippen LogP contribution is -2.39. The Morgan fingerprint density at radius 2 is 1.96 bits per heavy atom. The summed E-state index contributed by atoms with van der Waals surface area (Å²) in [7, 11) is 3.44. The summed E-state index contributed by atoms with van der Waals surface area (Å²) in [6.45, 7) is 1.53. The molecule has 2 heterocycles. The number of aromatic nitrogens is 3. The van der Waals surface area contributed by atoms with Crippen molar-refractivity contribution in [3.8, 4) is 0 Å². The minimum absolute atomic E-state index is 0.0224. The molecule has 0 saturated carbocycles. The van der Waals surface area contributed by atoms with E-state index < -0.39 is 18.1 Å². The van der Waals surface area contributed by atoms with Crippen molar-refractivity contribution in [2.45, 2.75) is 19.1 Å². The van der Waals surface area contributed by atoms with Gasteiger partial charge in [-0.25, -0.2) is 9.97 Å². The zero-order valence-corrected chi connectivity index (χ0v) is 13.3. The van der Waals surface area contributed by atoms with Crippen LogP contribution < -0.4 is 10.2 Å².